The van der Waals surface area contributed by atoms with Crippen LogP contribution in [0.5, 0.6) is 0 Å². The lowest BCUT2D eigenvalue weighted by Crippen LogP contribution is -2.07. The molecule has 2 aromatic heterocycles. The Bertz CT molecular complexity index is 873. The molecule has 6 nitrogen and oxygen atoms in total. The summed E-state index contributed by atoms with van der Waals surface area (Å²) in [6, 6.07) is 8.64. The quantitative estimate of drug-likeness (QED) is 0.759. The molecule has 2 heterocycles. The van der Waals surface area contributed by atoms with E-state index in [0.717, 1.165) is 16.7 Å². The highest BCUT2D eigenvalue weighted by molar-refractivity contribution is 6.31. The summed E-state index contributed by atoms with van der Waals surface area (Å²) in [6.45, 7) is 1.94. The van der Waals surface area contributed by atoms with Crippen LogP contribution in [0.4, 0.5) is 5.95 Å². The van der Waals surface area contributed by atoms with Crippen LogP contribution in [-0.2, 0) is 0 Å². The fraction of sp³-hybridized carbons (Fsp3) is 0.0714. The van der Waals surface area contributed by atoms with Gasteiger partial charge in [0.2, 0.25) is 5.95 Å². The molecule has 3 aromatic rings. The second-order valence-corrected chi connectivity index (χ2v) is 5.04. The molecule has 7 heteroatoms. The fourth-order valence-electron chi connectivity index (χ4n) is 2.23. The van der Waals surface area contributed by atoms with Crippen molar-refractivity contribution in [1.82, 2.24) is 14.6 Å². The number of rotatable bonds is 2. The van der Waals surface area contributed by atoms with Crippen molar-refractivity contribution in [1.29, 1.82) is 0 Å². The van der Waals surface area contributed by atoms with Gasteiger partial charge in [0.25, 0.3) is 0 Å². The summed E-state index contributed by atoms with van der Waals surface area (Å²) in [5, 5.41) is 13.7. The number of carbonyl (C=O) groups is 1. The number of nitrogens with zero attached hydrogens (tertiary/aromatic N) is 3. The summed E-state index contributed by atoms with van der Waals surface area (Å²) < 4.78 is 1.23. The van der Waals surface area contributed by atoms with Gasteiger partial charge in [0.15, 0.2) is 11.3 Å². The molecule has 0 fully saturated rings. The lowest BCUT2D eigenvalue weighted by Gasteiger charge is -2.09. The predicted molar refractivity (Wildman–Crippen MR) is 79.5 cm³/mol. The van der Waals surface area contributed by atoms with E-state index in [1.165, 1.54) is 10.6 Å². The maximum absolute atomic E-state index is 11.2. The first kappa shape index (κ1) is 13.4. The van der Waals surface area contributed by atoms with E-state index in [9.17, 15) is 9.90 Å². The summed E-state index contributed by atoms with van der Waals surface area (Å²) in [6.07, 6.45) is 0. The van der Waals surface area contributed by atoms with E-state index in [1.54, 1.807) is 18.2 Å². The smallest absolute Gasteiger partial charge is 0.354 e. The number of anilines is 1. The second kappa shape index (κ2) is 4.75. The number of aromatic carboxylic acids is 1. The number of aryl methyl sites for hydroxylation is 1. The minimum atomic E-state index is -1.10. The standard InChI is InChI=1S/C14H11ClN4O2/c1-7-2-3-8(15)6-10(7)9-4-5-11(13(20)21)19-12(9)17-14(16)18-19/h2-6H,1H3,(H2,16,18)(H,20,21). The normalized spacial score (nSPS) is 11.0. The number of halogens is 1. The topological polar surface area (TPSA) is 93.5 Å². The van der Waals surface area contributed by atoms with E-state index in [4.69, 9.17) is 17.3 Å². The molecular weight excluding hydrogens is 292 g/mol. The SMILES string of the molecule is Cc1ccc(Cl)cc1-c1ccc(C(=O)O)n2nc(N)nc12. The van der Waals surface area contributed by atoms with Gasteiger partial charge in [-0.3, -0.25) is 0 Å². The third kappa shape index (κ3) is 2.19. The second-order valence-electron chi connectivity index (χ2n) is 4.60. The van der Waals surface area contributed by atoms with Gasteiger partial charge in [0.1, 0.15) is 0 Å². The number of carboxylic acid groups (broad SMARTS) is 1. The van der Waals surface area contributed by atoms with Crippen LogP contribution in [0.1, 0.15) is 16.1 Å². The summed E-state index contributed by atoms with van der Waals surface area (Å²) in [5.41, 5.74) is 8.57. The lowest BCUT2D eigenvalue weighted by atomic mass is 10.0. The molecule has 0 atom stereocenters. The van der Waals surface area contributed by atoms with Crippen molar-refractivity contribution in [2.75, 3.05) is 5.73 Å². The van der Waals surface area contributed by atoms with Crippen molar-refractivity contribution in [3.63, 3.8) is 0 Å². The minimum absolute atomic E-state index is 0.00219. The Kier molecular flexibility index (Phi) is 3.03. The average Bonchev–Trinajstić information content (AvgIpc) is 2.81. The van der Waals surface area contributed by atoms with Crippen LogP contribution in [-0.4, -0.2) is 25.7 Å². The molecule has 21 heavy (non-hydrogen) atoms. The Morgan fingerprint density at radius 1 is 1.29 bits per heavy atom. The van der Waals surface area contributed by atoms with Crippen LogP contribution < -0.4 is 5.73 Å². The molecule has 0 saturated heterocycles. The number of hydrogen-bond donors (Lipinski definition) is 2. The maximum atomic E-state index is 11.2. The number of pyridine rings is 1. The number of hydrogen-bond acceptors (Lipinski definition) is 4. The zero-order valence-electron chi connectivity index (χ0n) is 11.0. The largest absolute Gasteiger partial charge is 0.477 e. The molecule has 106 valence electrons. The van der Waals surface area contributed by atoms with Crippen molar-refractivity contribution < 1.29 is 9.90 Å². The minimum Gasteiger partial charge on any atom is -0.477 e. The number of benzene rings is 1. The van der Waals surface area contributed by atoms with Crippen LogP contribution in [0.25, 0.3) is 16.8 Å². The number of aromatic nitrogens is 3. The first-order valence-electron chi connectivity index (χ1n) is 6.12. The van der Waals surface area contributed by atoms with Crippen molar-refractivity contribution >= 4 is 29.2 Å². The third-order valence-corrected chi connectivity index (χ3v) is 3.44. The van der Waals surface area contributed by atoms with Gasteiger partial charge in [0.05, 0.1) is 0 Å². The number of nitrogens with two attached hydrogens (primary N) is 1. The van der Waals surface area contributed by atoms with Gasteiger partial charge >= 0.3 is 5.97 Å². The van der Waals surface area contributed by atoms with Crippen molar-refractivity contribution in [2.24, 2.45) is 0 Å². The first-order valence-corrected chi connectivity index (χ1v) is 6.50. The van der Waals surface area contributed by atoms with Crippen molar-refractivity contribution in [3.05, 3.63) is 46.6 Å². The van der Waals surface area contributed by atoms with Crippen LogP contribution in [0.3, 0.4) is 0 Å². The molecule has 0 unspecified atom stereocenters. The van der Waals surface area contributed by atoms with Gasteiger partial charge in [0, 0.05) is 10.6 Å². The molecule has 3 N–H and O–H groups in total. The molecule has 0 aliphatic carbocycles. The molecule has 0 radical (unpaired) electrons. The van der Waals surface area contributed by atoms with Gasteiger partial charge < -0.3 is 10.8 Å². The lowest BCUT2D eigenvalue weighted by molar-refractivity contribution is 0.0687. The van der Waals surface area contributed by atoms with E-state index in [0.29, 0.717) is 10.7 Å². The number of carboxylic acids is 1. The average molecular weight is 303 g/mol. The van der Waals surface area contributed by atoms with E-state index >= 15 is 0 Å². The van der Waals surface area contributed by atoms with Crippen molar-refractivity contribution in [3.8, 4) is 11.1 Å². The Morgan fingerprint density at radius 2 is 2.05 bits per heavy atom. The molecule has 0 aliphatic rings. The highest BCUT2D eigenvalue weighted by Gasteiger charge is 2.17. The van der Waals surface area contributed by atoms with Gasteiger partial charge in [-0.15, -0.1) is 5.10 Å². The highest BCUT2D eigenvalue weighted by atomic mass is 35.5. The Morgan fingerprint density at radius 3 is 2.76 bits per heavy atom. The maximum Gasteiger partial charge on any atom is 0.354 e. The Balaban J connectivity index is 2.37. The first-order chi connectivity index (χ1) is 9.97. The van der Waals surface area contributed by atoms with E-state index < -0.39 is 5.97 Å². The third-order valence-electron chi connectivity index (χ3n) is 3.21. The van der Waals surface area contributed by atoms with Crippen molar-refractivity contribution in [2.45, 2.75) is 6.92 Å². The number of fused-ring (bicyclic) bond motifs is 1. The van der Waals surface area contributed by atoms with E-state index in [2.05, 4.69) is 10.1 Å². The fourth-order valence-corrected chi connectivity index (χ4v) is 2.41. The molecule has 0 saturated carbocycles. The number of nitrogen functional groups attached to an aromatic ring is 1. The molecule has 3 rings (SSSR count). The molecule has 0 bridgehead atoms. The highest BCUT2D eigenvalue weighted by Crippen LogP contribution is 2.30. The van der Waals surface area contributed by atoms with Gasteiger partial charge in [-0.05, 0) is 42.3 Å². The monoisotopic (exact) mass is 302 g/mol. The van der Waals surface area contributed by atoms with E-state index in [1.807, 2.05) is 13.0 Å². The molecular formula is C14H11ClN4O2. The predicted octanol–water partition coefficient (Wildman–Crippen LogP) is 2.64. The van der Waals surface area contributed by atoms with Crippen LogP contribution >= 0.6 is 11.6 Å². The van der Waals surface area contributed by atoms with Gasteiger partial charge in [-0.2, -0.15) is 4.98 Å². The zero-order chi connectivity index (χ0) is 15.1. The van der Waals surface area contributed by atoms with Crippen LogP contribution in [0.2, 0.25) is 5.02 Å². The Labute approximate surface area is 124 Å². The molecule has 0 amide bonds. The molecule has 0 aliphatic heterocycles. The van der Waals surface area contributed by atoms with Crippen LogP contribution in [0.15, 0.2) is 30.3 Å². The summed E-state index contributed by atoms with van der Waals surface area (Å²) >= 11 is 6.04. The molecule has 0 spiro atoms. The summed E-state index contributed by atoms with van der Waals surface area (Å²) in [5.74, 6) is -1.08. The summed E-state index contributed by atoms with van der Waals surface area (Å²) in [4.78, 5) is 15.4. The summed E-state index contributed by atoms with van der Waals surface area (Å²) in [7, 11) is 0. The van der Waals surface area contributed by atoms with E-state index in [-0.39, 0.29) is 11.6 Å². The zero-order valence-corrected chi connectivity index (χ0v) is 11.8. The van der Waals surface area contributed by atoms with Gasteiger partial charge in [-0.25, -0.2) is 9.31 Å². The van der Waals surface area contributed by atoms with Crippen LogP contribution in [0, 0.1) is 6.92 Å². The Hall–Kier alpha value is -2.60. The molecule has 1 aromatic carbocycles. The van der Waals surface area contributed by atoms with Gasteiger partial charge in [-0.1, -0.05) is 17.7 Å².